The molecule has 0 amide bonds. The molecule has 6 nitrogen and oxygen atoms in total. The number of rotatable bonds is 4. The number of carboxylic acid groups (broad SMARTS) is 1. The number of hydrogen-bond donors (Lipinski definition) is 1. The number of hydrogen-bond acceptors (Lipinski definition) is 4. The maximum Gasteiger partial charge on any atom is 0.305 e. The van der Waals surface area contributed by atoms with Crippen molar-refractivity contribution in [3.63, 3.8) is 0 Å². The molecule has 2 aromatic rings. The topological polar surface area (TPSA) is 71.2 Å². The van der Waals surface area contributed by atoms with Crippen molar-refractivity contribution in [1.29, 1.82) is 0 Å². The van der Waals surface area contributed by atoms with E-state index in [1.807, 2.05) is 29.6 Å². The van der Waals surface area contributed by atoms with Crippen LogP contribution in [0.2, 0.25) is 0 Å². The predicted octanol–water partition coefficient (Wildman–Crippen LogP) is 0.879. The van der Waals surface area contributed by atoms with E-state index in [-0.39, 0.29) is 6.42 Å². The maximum atomic E-state index is 10.5. The SMILES string of the molecule is CN(CCC(=O)O)c1nccc2c1ncn2C. The van der Waals surface area contributed by atoms with Gasteiger partial charge in [-0.05, 0) is 6.07 Å². The van der Waals surface area contributed by atoms with E-state index in [1.165, 1.54) is 0 Å². The first kappa shape index (κ1) is 11.4. The summed E-state index contributed by atoms with van der Waals surface area (Å²) in [6.45, 7) is 0.415. The van der Waals surface area contributed by atoms with Crippen LogP contribution in [0.1, 0.15) is 6.42 Å². The molecule has 0 aliphatic rings. The van der Waals surface area contributed by atoms with Crippen LogP contribution < -0.4 is 4.90 Å². The standard InChI is InChI=1S/C11H14N4O2/c1-14(6-4-9(16)17)11-10-8(3-5-12-11)15(2)7-13-10/h3,5,7H,4,6H2,1-2H3,(H,16,17). The zero-order chi connectivity index (χ0) is 12.4. The van der Waals surface area contributed by atoms with Gasteiger partial charge in [0.15, 0.2) is 5.82 Å². The molecule has 0 bridgehead atoms. The van der Waals surface area contributed by atoms with E-state index in [4.69, 9.17) is 5.11 Å². The molecule has 0 unspecified atom stereocenters. The van der Waals surface area contributed by atoms with Crippen molar-refractivity contribution >= 4 is 22.8 Å². The molecule has 90 valence electrons. The second kappa shape index (κ2) is 4.40. The normalized spacial score (nSPS) is 10.7. The van der Waals surface area contributed by atoms with Gasteiger partial charge in [0.2, 0.25) is 0 Å². The monoisotopic (exact) mass is 234 g/mol. The molecule has 0 aromatic carbocycles. The number of carboxylic acids is 1. The van der Waals surface area contributed by atoms with Crippen LogP contribution in [-0.2, 0) is 11.8 Å². The number of anilines is 1. The smallest absolute Gasteiger partial charge is 0.305 e. The Labute approximate surface area is 98.5 Å². The van der Waals surface area contributed by atoms with Gasteiger partial charge in [0.05, 0.1) is 18.3 Å². The van der Waals surface area contributed by atoms with Crippen LogP contribution >= 0.6 is 0 Å². The summed E-state index contributed by atoms with van der Waals surface area (Å²) < 4.78 is 1.91. The number of pyridine rings is 1. The summed E-state index contributed by atoms with van der Waals surface area (Å²) in [5.41, 5.74) is 1.78. The first-order valence-electron chi connectivity index (χ1n) is 5.28. The molecule has 0 aliphatic carbocycles. The minimum Gasteiger partial charge on any atom is -0.481 e. The largest absolute Gasteiger partial charge is 0.481 e. The number of carbonyl (C=O) groups is 1. The Morgan fingerprint density at radius 1 is 1.53 bits per heavy atom. The molecular formula is C11H14N4O2. The molecule has 0 atom stereocenters. The van der Waals surface area contributed by atoms with Crippen LogP contribution in [0.5, 0.6) is 0 Å². The fraction of sp³-hybridized carbons (Fsp3) is 0.364. The van der Waals surface area contributed by atoms with Gasteiger partial charge in [-0.3, -0.25) is 4.79 Å². The van der Waals surface area contributed by atoms with Gasteiger partial charge in [-0.15, -0.1) is 0 Å². The van der Waals surface area contributed by atoms with Crippen LogP contribution in [0.4, 0.5) is 5.82 Å². The molecule has 0 saturated heterocycles. The van der Waals surface area contributed by atoms with Crippen LogP contribution in [-0.4, -0.2) is 39.2 Å². The zero-order valence-corrected chi connectivity index (χ0v) is 9.79. The minimum atomic E-state index is -0.815. The van der Waals surface area contributed by atoms with Crippen LogP contribution in [0.25, 0.3) is 11.0 Å². The maximum absolute atomic E-state index is 10.5. The lowest BCUT2D eigenvalue weighted by Crippen LogP contribution is -2.22. The summed E-state index contributed by atoms with van der Waals surface area (Å²) in [4.78, 5) is 20.9. The molecule has 0 radical (unpaired) electrons. The van der Waals surface area contributed by atoms with Crippen molar-refractivity contribution in [3.8, 4) is 0 Å². The van der Waals surface area contributed by atoms with Crippen molar-refractivity contribution < 1.29 is 9.90 Å². The number of imidazole rings is 1. The molecule has 0 fully saturated rings. The van der Waals surface area contributed by atoms with Gasteiger partial charge < -0.3 is 14.6 Å². The third-order valence-electron chi connectivity index (χ3n) is 2.65. The Morgan fingerprint density at radius 3 is 3.00 bits per heavy atom. The van der Waals surface area contributed by atoms with E-state index in [2.05, 4.69) is 9.97 Å². The Morgan fingerprint density at radius 2 is 2.29 bits per heavy atom. The highest BCUT2D eigenvalue weighted by molar-refractivity contribution is 5.86. The summed E-state index contributed by atoms with van der Waals surface area (Å²) in [5, 5.41) is 8.66. The van der Waals surface area contributed by atoms with Crippen LogP contribution in [0.15, 0.2) is 18.6 Å². The molecule has 6 heteroatoms. The first-order valence-corrected chi connectivity index (χ1v) is 5.28. The predicted molar refractivity (Wildman–Crippen MR) is 64.0 cm³/mol. The second-order valence-electron chi connectivity index (χ2n) is 3.92. The Bertz CT molecular complexity index is 549. The lowest BCUT2D eigenvalue weighted by atomic mass is 10.3. The average molecular weight is 234 g/mol. The molecule has 0 aliphatic heterocycles. The van der Waals surface area contributed by atoms with E-state index in [0.717, 1.165) is 11.0 Å². The van der Waals surface area contributed by atoms with Gasteiger partial charge in [-0.1, -0.05) is 0 Å². The number of fused-ring (bicyclic) bond motifs is 1. The van der Waals surface area contributed by atoms with Crippen molar-refractivity contribution in [2.75, 3.05) is 18.5 Å². The van der Waals surface area contributed by atoms with Crippen molar-refractivity contribution in [2.24, 2.45) is 7.05 Å². The highest BCUT2D eigenvalue weighted by Gasteiger charge is 2.11. The summed E-state index contributed by atoms with van der Waals surface area (Å²) in [5.74, 6) is -0.102. The van der Waals surface area contributed by atoms with E-state index < -0.39 is 5.97 Å². The molecular weight excluding hydrogens is 220 g/mol. The third kappa shape index (κ3) is 2.20. The van der Waals surface area contributed by atoms with Gasteiger partial charge >= 0.3 is 5.97 Å². The quantitative estimate of drug-likeness (QED) is 0.850. The summed E-state index contributed by atoms with van der Waals surface area (Å²) in [7, 11) is 3.73. The van der Waals surface area contributed by atoms with Crippen molar-refractivity contribution in [2.45, 2.75) is 6.42 Å². The Balaban J connectivity index is 2.31. The number of nitrogens with zero attached hydrogens (tertiary/aromatic N) is 4. The van der Waals surface area contributed by atoms with Gasteiger partial charge in [0.25, 0.3) is 0 Å². The molecule has 2 aromatic heterocycles. The van der Waals surface area contributed by atoms with Crippen LogP contribution in [0.3, 0.4) is 0 Å². The van der Waals surface area contributed by atoms with E-state index in [0.29, 0.717) is 12.4 Å². The minimum absolute atomic E-state index is 0.0847. The number of aromatic nitrogens is 3. The highest BCUT2D eigenvalue weighted by Crippen LogP contribution is 2.21. The molecule has 2 rings (SSSR count). The third-order valence-corrected chi connectivity index (χ3v) is 2.65. The first-order chi connectivity index (χ1) is 8.09. The molecule has 0 saturated carbocycles. The number of aliphatic carboxylic acids is 1. The Kier molecular flexibility index (Phi) is 2.95. The van der Waals surface area contributed by atoms with Crippen molar-refractivity contribution in [3.05, 3.63) is 18.6 Å². The van der Waals surface area contributed by atoms with E-state index in [9.17, 15) is 4.79 Å². The van der Waals surface area contributed by atoms with Gasteiger partial charge in [0, 0.05) is 26.8 Å². The Hall–Kier alpha value is -2.11. The van der Waals surface area contributed by atoms with Gasteiger partial charge in [-0.25, -0.2) is 9.97 Å². The highest BCUT2D eigenvalue weighted by atomic mass is 16.4. The molecule has 2 heterocycles. The lowest BCUT2D eigenvalue weighted by Gasteiger charge is -2.17. The molecule has 1 N–H and O–H groups in total. The average Bonchev–Trinajstić information content (AvgIpc) is 2.68. The summed E-state index contributed by atoms with van der Waals surface area (Å²) in [6.07, 6.45) is 3.51. The molecule has 0 spiro atoms. The summed E-state index contributed by atoms with van der Waals surface area (Å²) in [6, 6.07) is 1.89. The van der Waals surface area contributed by atoms with Crippen molar-refractivity contribution in [1.82, 2.24) is 14.5 Å². The summed E-state index contributed by atoms with van der Waals surface area (Å²) >= 11 is 0. The fourth-order valence-electron chi connectivity index (χ4n) is 1.70. The second-order valence-corrected chi connectivity index (χ2v) is 3.92. The fourth-order valence-corrected chi connectivity index (χ4v) is 1.70. The van der Waals surface area contributed by atoms with E-state index >= 15 is 0 Å². The number of aryl methyl sites for hydroxylation is 1. The lowest BCUT2D eigenvalue weighted by molar-refractivity contribution is -0.136. The van der Waals surface area contributed by atoms with Crippen LogP contribution in [0, 0.1) is 0 Å². The van der Waals surface area contributed by atoms with Gasteiger partial charge in [-0.2, -0.15) is 0 Å². The zero-order valence-electron chi connectivity index (χ0n) is 9.79. The van der Waals surface area contributed by atoms with E-state index in [1.54, 1.807) is 12.5 Å². The van der Waals surface area contributed by atoms with Gasteiger partial charge in [0.1, 0.15) is 5.52 Å². The molecule has 17 heavy (non-hydrogen) atoms.